The highest BCUT2D eigenvalue weighted by atomic mass is 32.1. The van der Waals surface area contributed by atoms with E-state index in [1.807, 2.05) is 64.1 Å². The minimum atomic E-state index is 0.669. The van der Waals surface area contributed by atoms with Gasteiger partial charge in [-0.15, -0.1) is 0 Å². The van der Waals surface area contributed by atoms with Crippen molar-refractivity contribution in [2.75, 3.05) is 0 Å². The second-order valence-electron chi connectivity index (χ2n) is 8.85. The molecule has 0 spiro atoms. The number of H-pyrrole nitrogens is 2. The van der Waals surface area contributed by atoms with E-state index in [0.29, 0.717) is 19.6 Å². The zero-order valence-corrected chi connectivity index (χ0v) is 21.9. The summed E-state index contributed by atoms with van der Waals surface area (Å²) in [7, 11) is 0. The molecule has 3 heterocycles. The Kier molecular flexibility index (Phi) is 7.09. The lowest BCUT2D eigenvalue weighted by Gasteiger charge is -2.21. The van der Waals surface area contributed by atoms with Crippen LogP contribution in [0.25, 0.3) is 11.4 Å². The molecule has 3 aromatic heterocycles. The van der Waals surface area contributed by atoms with Crippen molar-refractivity contribution in [3.8, 4) is 11.4 Å². The highest BCUT2D eigenvalue weighted by Gasteiger charge is 2.18. The predicted molar refractivity (Wildman–Crippen MR) is 149 cm³/mol. The van der Waals surface area contributed by atoms with Gasteiger partial charge in [-0.25, -0.2) is 9.36 Å². The Morgan fingerprint density at radius 2 is 1.14 bits per heavy atom. The van der Waals surface area contributed by atoms with Crippen LogP contribution >= 0.6 is 24.4 Å². The van der Waals surface area contributed by atoms with Gasteiger partial charge >= 0.3 is 0 Å². The maximum atomic E-state index is 5.92. The van der Waals surface area contributed by atoms with Gasteiger partial charge in [0.25, 0.3) is 0 Å². The molecule has 0 aliphatic heterocycles. The summed E-state index contributed by atoms with van der Waals surface area (Å²) < 4.78 is 5.52. The lowest BCUT2D eigenvalue weighted by Crippen LogP contribution is -2.23. The number of hydrogen-bond acceptors (Lipinski definition) is 4. The van der Waals surface area contributed by atoms with Crippen LogP contribution < -0.4 is 0 Å². The van der Waals surface area contributed by atoms with Gasteiger partial charge in [-0.3, -0.25) is 20.1 Å². The molecule has 0 radical (unpaired) electrons. The van der Waals surface area contributed by atoms with E-state index in [2.05, 4.69) is 64.3 Å². The van der Waals surface area contributed by atoms with E-state index >= 15 is 0 Å². The Labute approximate surface area is 220 Å². The Morgan fingerprint density at radius 1 is 0.667 bits per heavy atom. The fourth-order valence-electron chi connectivity index (χ4n) is 4.39. The number of nitrogens with zero attached hydrogens (tertiary/aromatic N) is 4. The average Bonchev–Trinajstić information content (AvgIpc) is 3.35. The van der Waals surface area contributed by atoms with Crippen LogP contribution in [-0.2, 0) is 19.6 Å². The van der Waals surface area contributed by atoms with Crippen molar-refractivity contribution in [2.24, 2.45) is 0 Å². The molecule has 0 saturated heterocycles. The smallest absolute Gasteiger partial charge is 0.132 e. The second-order valence-corrected chi connectivity index (χ2v) is 9.62. The predicted octanol–water partition coefficient (Wildman–Crippen LogP) is 6.60. The molecule has 36 heavy (non-hydrogen) atoms. The van der Waals surface area contributed by atoms with Crippen molar-refractivity contribution in [2.45, 2.75) is 33.5 Å². The maximum absolute atomic E-state index is 5.92. The molecule has 0 bridgehead atoms. The summed E-state index contributed by atoms with van der Waals surface area (Å²) in [6.07, 6.45) is 1.83. The molecule has 2 N–H and O–H groups in total. The van der Waals surface area contributed by atoms with Crippen molar-refractivity contribution < 1.29 is 0 Å². The Balaban J connectivity index is 1.50. The van der Waals surface area contributed by atoms with E-state index < -0.39 is 0 Å². The third kappa shape index (κ3) is 5.02. The Bertz CT molecular complexity index is 1460. The summed E-state index contributed by atoms with van der Waals surface area (Å²) in [5.41, 5.74) is 7.34. The van der Waals surface area contributed by atoms with Gasteiger partial charge < -0.3 is 0 Å². The molecule has 5 rings (SSSR count). The van der Waals surface area contributed by atoms with E-state index in [9.17, 15) is 0 Å². The van der Waals surface area contributed by atoms with E-state index in [1.165, 1.54) is 0 Å². The van der Waals surface area contributed by atoms with Gasteiger partial charge in [-0.05, 0) is 50.2 Å². The number of pyridine rings is 1. The van der Waals surface area contributed by atoms with Crippen molar-refractivity contribution in [1.29, 1.82) is 0 Å². The molecule has 0 atom stereocenters. The maximum Gasteiger partial charge on any atom is 0.132 e. The average molecular weight is 513 g/mol. The summed E-state index contributed by atoms with van der Waals surface area (Å²) in [5.74, 6) is 0. The van der Waals surface area contributed by atoms with Crippen LogP contribution in [0.2, 0.25) is 0 Å². The van der Waals surface area contributed by atoms with Crippen LogP contribution in [0.15, 0.2) is 85.1 Å². The number of benzene rings is 2. The Hall–Kier alpha value is -3.59. The molecule has 182 valence electrons. The van der Waals surface area contributed by atoms with Crippen molar-refractivity contribution in [1.82, 2.24) is 29.4 Å². The normalized spacial score (nSPS) is 11.3. The zero-order valence-electron chi connectivity index (χ0n) is 20.3. The lowest BCUT2D eigenvalue weighted by molar-refractivity contribution is 0.243. The van der Waals surface area contributed by atoms with Crippen LogP contribution in [-0.4, -0.2) is 29.4 Å². The molecule has 8 heteroatoms. The SMILES string of the molecule is Cc1[nH]n(-c2ccccc2)c(=S)c1CN(Cc1ccccn1)Cc1c(C)[nH]n(-c2ccccc2)c1=S. The quantitative estimate of drug-likeness (QED) is 0.230. The summed E-state index contributed by atoms with van der Waals surface area (Å²) in [6.45, 7) is 6.17. The summed E-state index contributed by atoms with van der Waals surface area (Å²) in [4.78, 5) is 6.93. The highest BCUT2D eigenvalue weighted by Crippen LogP contribution is 2.22. The molecular formula is C28H28N6S2. The standard InChI is InChI=1S/C28H28N6S2/c1-20-25(27(35)33(30-20)23-12-5-3-6-13-23)18-32(17-22-11-9-10-16-29-22)19-26-21(2)31-34(28(26)36)24-14-7-4-8-15-24/h3-16,30-31H,17-19H2,1-2H3. The van der Waals surface area contributed by atoms with Gasteiger partial charge in [0.05, 0.1) is 17.1 Å². The largest absolute Gasteiger partial charge is 0.297 e. The van der Waals surface area contributed by atoms with Crippen molar-refractivity contribution in [3.63, 3.8) is 0 Å². The first kappa shape index (κ1) is 24.1. The third-order valence-electron chi connectivity index (χ3n) is 6.29. The zero-order chi connectivity index (χ0) is 25.1. The fourth-order valence-corrected chi connectivity index (χ4v) is 5.13. The van der Waals surface area contributed by atoms with Crippen LogP contribution in [0.1, 0.15) is 28.2 Å². The van der Waals surface area contributed by atoms with Crippen LogP contribution in [0.3, 0.4) is 0 Å². The van der Waals surface area contributed by atoms with Crippen LogP contribution in [0, 0.1) is 23.1 Å². The molecule has 6 nitrogen and oxygen atoms in total. The lowest BCUT2D eigenvalue weighted by atomic mass is 10.2. The first-order valence-electron chi connectivity index (χ1n) is 11.9. The minimum absolute atomic E-state index is 0.669. The van der Waals surface area contributed by atoms with Gasteiger partial charge in [0.2, 0.25) is 0 Å². The molecule has 0 amide bonds. The van der Waals surface area contributed by atoms with Crippen molar-refractivity contribution in [3.05, 3.63) is 123 Å². The number of aromatic amines is 2. The molecule has 0 fully saturated rings. The molecule has 2 aromatic carbocycles. The summed E-state index contributed by atoms with van der Waals surface area (Å²) >= 11 is 11.8. The monoisotopic (exact) mass is 512 g/mol. The third-order valence-corrected chi connectivity index (χ3v) is 7.15. The van der Waals surface area contributed by atoms with Gasteiger partial charge in [-0.1, -0.05) is 66.9 Å². The van der Waals surface area contributed by atoms with Gasteiger partial charge in [0.15, 0.2) is 0 Å². The van der Waals surface area contributed by atoms with E-state index in [1.54, 1.807) is 0 Å². The first-order chi connectivity index (χ1) is 17.5. The van der Waals surface area contributed by atoms with Gasteiger partial charge in [-0.2, -0.15) is 0 Å². The van der Waals surface area contributed by atoms with Crippen LogP contribution in [0.5, 0.6) is 0 Å². The minimum Gasteiger partial charge on any atom is -0.297 e. The number of para-hydroxylation sites is 2. The van der Waals surface area contributed by atoms with E-state index in [4.69, 9.17) is 24.4 Å². The van der Waals surface area contributed by atoms with E-state index in [0.717, 1.165) is 48.9 Å². The number of rotatable bonds is 8. The summed E-state index contributed by atoms with van der Waals surface area (Å²) in [6, 6.07) is 26.3. The molecule has 0 unspecified atom stereocenters. The molecular weight excluding hydrogens is 484 g/mol. The van der Waals surface area contributed by atoms with Crippen LogP contribution in [0.4, 0.5) is 0 Å². The summed E-state index contributed by atoms with van der Waals surface area (Å²) in [5, 5.41) is 6.90. The topological polar surface area (TPSA) is 57.6 Å². The number of hydrogen-bond donors (Lipinski definition) is 2. The van der Waals surface area contributed by atoms with Gasteiger partial charge in [0, 0.05) is 48.3 Å². The van der Waals surface area contributed by atoms with E-state index in [-0.39, 0.29) is 0 Å². The van der Waals surface area contributed by atoms with Gasteiger partial charge in [0.1, 0.15) is 9.28 Å². The number of aromatic nitrogens is 5. The van der Waals surface area contributed by atoms with Crippen molar-refractivity contribution >= 4 is 24.4 Å². The molecule has 5 aromatic rings. The number of nitrogens with one attached hydrogen (secondary N) is 2. The molecule has 0 aliphatic carbocycles. The fraction of sp³-hybridized carbons (Fsp3) is 0.179. The number of aryl methyl sites for hydroxylation is 2. The highest BCUT2D eigenvalue weighted by molar-refractivity contribution is 7.71. The first-order valence-corrected chi connectivity index (χ1v) is 12.7. The second kappa shape index (κ2) is 10.6. The molecule has 0 aliphatic rings. The Morgan fingerprint density at radius 3 is 1.58 bits per heavy atom. The molecule has 0 saturated carbocycles.